The second-order valence-corrected chi connectivity index (χ2v) is 8.88. The second-order valence-electron chi connectivity index (χ2n) is 8.88. The smallest absolute Gasteiger partial charge is 0.289 e. The molecule has 2 N–H and O–H groups in total. The van der Waals surface area contributed by atoms with E-state index in [0.29, 0.717) is 28.7 Å². The number of carbonyl (C=O) groups excluding carboxylic acids is 3. The highest BCUT2D eigenvalue weighted by Gasteiger charge is 2.28. The van der Waals surface area contributed by atoms with Crippen LogP contribution in [0.1, 0.15) is 46.9 Å². The van der Waals surface area contributed by atoms with Crippen molar-refractivity contribution in [2.45, 2.75) is 32.2 Å². The van der Waals surface area contributed by atoms with Crippen molar-refractivity contribution in [2.75, 3.05) is 6.54 Å². The van der Waals surface area contributed by atoms with Crippen molar-refractivity contribution < 1.29 is 14.4 Å². The van der Waals surface area contributed by atoms with E-state index >= 15 is 0 Å². The first-order valence-corrected chi connectivity index (χ1v) is 12.7. The van der Waals surface area contributed by atoms with Gasteiger partial charge in [0.25, 0.3) is 11.8 Å². The lowest BCUT2D eigenvalue weighted by molar-refractivity contribution is -0.138. The van der Waals surface area contributed by atoms with Crippen molar-refractivity contribution in [1.29, 1.82) is 0 Å². The van der Waals surface area contributed by atoms with Gasteiger partial charge in [0.1, 0.15) is 11.7 Å². The summed E-state index contributed by atoms with van der Waals surface area (Å²) in [7, 11) is 0. The van der Waals surface area contributed by atoms with E-state index in [1.807, 2.05) is 85.8 Å². The molecule has 0 spiro atoms. The number of aromatic nitrogens is 1. The van der Waals surface area contributed by atoms with Gasteiger partial charge in [0.2, 0.25) is 5.78 Å². The van der Waals surface area contributed by atoms with E-state index in [0.717, 1.165) is 24.0 Å². The van der Waals surface area contributed by atoms with Crippen LogP contribution in [0.5, 0.6) is 0 Å². The highest BCUT2D eigenvalue weighted by Crippen LogP contribution is 2.19. The Morgan fingerprint density at radius 1 is 0.868 bits per heavy atom. The number of fused-ring (bicyclic) bond motifs is 1. The van der Waals surface area contributed by atoms with Gasteiger partial charge in [-0.3, -0.25) is 14.4 Å². The Bertz CT molecular complexity index is 1490. The van der Waals surface area contributed by atoms with Crippen LogP contribution in [0.2, 0.25) is 0 Å². The third-order valence-electron chi connectivity index (χ3n) is 6.01. The number of benzene rings is 3. The standard InChI is InChI=1S/C32H29N3O3/c1-2-3-20-33-32(38)30(36)29(21-24-14-8-5-9-15-24)35-31(37)27-22-25(19-18-23-12-6-4-7-13-23)34-28-17-11-10-16-26(27)28/h4-17,22,29H,2-3,20-21H2,1H3,(H,33,38)(H,35,37). The summed E-state index contributed by atoms with van der Waals surface area (Å²) in [6, 6.07) is 26.7. The normalized spacial score (nSPS) is 11.2. The summed E-state index contributed by atoms with van der Waals surface area (Å²) in [5.41, 5.74) is 3.05. The quantitative estimate of drug-likeness (QED) is 0.201. The molecule has 0 radical (unpaired) electrons. The van der Waals surface area contributed by atoms with Gasteiger partial charge in [-0.25, -0.2) is 4.98 Å². The van der Waals surface area contributed by atoms with Crippen molar-refractivity contribution in [3.05, 3.63) is 113 Å². The van der Waals surface area contributed by atoms with E-state index in [1.54, 1.807) is 12.1 Å². The maximum absolute atomic E-state index is 13.6. The molecule has 1 atom stereocenters. The zero-order chi connectivity index (χ0) is 26.7. The van der Waals surface area contributed by atoms with Crippen LogP contribution in [-0.4, -0.2) is 35.2 Å². The molecule has 0 bridgehead atoms. The molecule has 0 aliphatic carbocycles. The van der Waals surface area contributed by atoms with Gasteiger partial charge >= 0.3 is 0 Å². The SMILES string of the molecule is CCCCNC(=O)C(=O)C(Cc1ccccc1)NC(=O)c1cc(C#Cc2ccccc2)nc2ccccc12. The molecule has 190 valence electrons. The van der Waals surface area contributed by atoms with Crippen LogP contribution in [0.3, 0.4) is 0 Å². The molecule has 0 saturated carbocycles. The number of nitrogens with zero attached hydrogens (tertiary/aromatic N) is 1. The van der Waals surface area contributed by atoms with E-state index in [2.05, 4.69) is 27.5 Å². The molecule has 2 amide bonds. The molecular formula is C32H29N3O3. The highest BCUT2D eigenvalue weighted by molar-refractivity contribution is 6.38. The molecule has 6 heteroatoms. The Hall–Kier alpha value is -4.76. The number of amides is 2. The fraction of sp³-hybridized carbons (Fsp3) is 0.188. The maximum Gasteiger partial charge on any atom is 0.289 e. The Balaban J connectivity index is 1.65. The largest absolute Gasteiger partial charge is 0.349 e. The van der Waals surface area contributed by atoms with Crippen molar-refractivity contribution in [3.8, 4) is 11.8 Å². The Kier molecular flexibility index (Phi) is 8.98. The minimum Gasteiger partial charge on any atom is -0.349 e. The molecule has 0 fully saturated rings. The molecule has 0 aliphatic heterocycles. The number of ketones is 1. The van der Waals surface area contributed by atoms with Crippen molar-refractivity contribution >= 4 is 28.5 Å². The number of pyridine rings is 1. The van der Waals surface area contributed by atoms with Gasteiger partial charge in [0, 0.05) is 23.9 Å². The van der Waals surface area contributed by atoms with E-state index in [4.69, 9.17) is 0 Å². The summed E-state index contributed by atoms with van der Waals surface area (Å²) in [6.45, 7) is 2.41. The molecule has 1 aromatic heterocycles. The summed E-state index contributed by atoms with van der Waals surface area (Å²) in [4.78, 5) is 44.0. The summed E-state index contributed by atoms with van der Waals surface area (Å²) < 4.78 is 0. The van der Waals surface area contributed by atoms with Gasteiger partial charge in [0.05, 0.1) is 11.1 Å². The summed E-state index contributed by atoms with van der Waals surface area (Å²) >= 11 is 0. The molecule has 4 aromatic rings. The van der Waals surface area contributed by atoms with Crippen LogP contribution in [-0.2, 0) is 16.0 Å². The molecule has 4 rings (SSSR count). The molecule has 0 aliphatic rings. The number of hydrogen-bond acceptors (Lipinski definition) is 4. The lowest BCUT2D eigenvalue weighted by atomic mass is 10.0. The number of hydrogen-bond donors (Lipinski definition) is 2. The molecule has 1 heterocycles. The first-order chi connectivity index (χ1) is 18.5. The molecular weight excluding hydrogens is 474 g/mol. The van der Waals surface area contributed by atoms with Gasteiger partial charge < -0.3 is 10.6 Å². The van der Waals surface area contributed by atoms with Gasteiger partial charge in [0.15, 0.2) is 0 Å². The monoisotopic (exact) mass is 503 g/mol. The molecule has 1 unspecified atom stereocenters. The predicted octanol–water partition coefficient (Wildman–Crippen LogP) is 4.46. The fourth-order valence-corrected chi connectivity index (χ4v) is 4.00. The van der Waals surface area contributed by atoms with Crippen LogP contribution in [0.15, 0.2) is 91.0 Å². The van der Waals surface area contributed by atoms with Crippen LogP contribution < -0.4 is 10.6 Å². The molecule has 0 saturated heterocycles. The number of Topliss-reactive ketones (excluding diaryl/α,β-unsaturated/α-hetero) is 1. The Labute approximate surface area is 222 Å². The minimum atomic E-state index is -1.03. The average molecular weight is 504 g/mol. The van der Waals surface area contributed by atoms with Crippen LogP contribution >= 0.6 is 0 Å². The fourth-order valence-electron chi connectivity index (χ4n) is 4.00. The van der Waals surface area contributed by atoms with E-state index in [-0.39, 0.29) is 6.42 Å². The van der Waals surface area contributed by atoms with E-state index < -0.39 is 23.6 Å². The van der Waals surface area contributed by atoms with E-state index in [1.165, 1.54) is 0 Å². The molecule has 38 heavy (non-hydrogen) atoms. The number of rotatable bonds is 9. The number of nitrogens with one attached hydrogen (secondary N) is 2. The van der Waals surface area contributed by atoms with Crippen molar-refractivity contribution in [2.24, 2.45) is 0 Å². The molecule has 6 nitrogen and oxygen atoms in total. The average Bonchev–Trinajstić information content (AvgIpc) is 2.96. The van der Waals surface area contributed by atoms with Gasteiger partial charge in [-0.2, -0.15) is 0 Å². The third kappa shape index (κ3) is 6.92. The van der Waals surface area contributed by atoms with E-state index in [9.17, 15) is 14.4 Å². The second kappa shape index (κ2) is 13.0. The number of carbonyl (C=O) groups is 3. The third-order valence-corrected chi connectivity index (χ3v) is 6.01. The highest BCUT2D eigenvalue weighted by atomic mass is 16.2. The lowest BCUT2D eigenvalue weighted by Crippen LogP contribution is -2.48. The first kappa shape index (κ1) is 26.3. The zero-order valence-electron chi connectivity index (χ0n) is 21.2. The summed E-state index contributed by atoms with van der Waals surface area (Å²) in [5.74, 6) is 4.26. The lowest BCUT2D eigenvalue weighted by Gasteiger charge is -2.18. The van der Waals surface area contributed by atoms with Crippen molar-refractivity contribution in [1.82, 2.24) is 15.6 Å². The number of unbranched alkanes of at least 4 members (excludes halogenated alkanes) is 1. The molecule has 3 aromatic carbocycles. The Morgan fingerprint density at radius 2 is 1.55 bits per heavy atom. The van der Waals surface area contributed by atoms with Gasteiger partial charge in [-0.1, -0.05) is 86.0 Å². The predicted molar refractivity (Wildman–Crippen MR) is 148 cm³/mol. The minimum absolute atomic E-state index is 0.191. The maximum atomic E-state index is 13.6. The van der Waals surface area contributed by atoms with Gasteiger partial charge in [-0.15, -0.1) is 0 Å². The number of para-hydroxylation sites is 1. The first-order valence-electron chi connectivity index (χ1n) is 12.7. The topological polar surface area (TPSA) is 88.2 Å². The van der Waals surface area contributed by atoms with Gasteiger partial charge in [-0.05, 0) is 42.2 Å². The zero-order valence-corrected chi connectivity index (χ0v) is 21.2. The van der Waals surface area contributed by atoms with Crippen LogP contribution in [0.4, 0.5) is 0 Å². The van der Waals surface area contributed by atoms with Crippen LogP contribution in [0.25, 0.3) is 10.9 Å². The summed E-state index contributed by atoms with van der Waals surface area (Å²) in [5, 5.41) is 6.12. The Morgan fingerprint density at radius 3 is 2.29 bits per heavy atom. The van der Waals surface area contributed by atoms with Crippen molar-refractivity contribution in [3.63, 3.8) is 0 Å². The summed E-state index contributed by atoms with van der Waals surface area (Å²) in [6.07, 6.45) is 1.85. The van der Waals surface area contributed by atoms with Crippen LogP contribution in [0, 0.1) is 11.8 Å².